The summed E-state index contributed by atoms with van der Waals surface area (Å²) in [6.45, 7) is 0. The highest BCUT2D eigenvalue weighted by atomic mass is 35.5. The molecule has 110 valence electrons. The maximum absolute atomic E-state index is 12.7. The molecule has 0 bridgehead atoms. The Kier molecular flexibility index (Phi) is 2.96. The van der Waals surface area contributed by atoms with Gasteiger partial charge in [0.05, 0.1) is 5.69 Å². The summed E-state index contributed by atoms with van der Waals surface area (Å²) in [6, 6.07) is 6.76. The second-order valence-electron chi connectivity index (χ2n) is 6.20. The molecule has 1 aliphatic carbocycles. The number of urea groups is 1. The van der Waals surface area contributed by atoms with Gasteiger partial charge in [-0.3, -0.25) is 4.79 Å². The second kappa shape index (κ2) is 4.73. The third kappa shape index (κ3) is 1.89. The number of fused-ring (bicyclic) bond motifs is 3. The Morgan fingerprint density at radius 1 is 1.05 bits per heavy atom. The van der Waals surface area contributed by atoms with Gasteiger partial charge in [-0.25, -0.2) is 9.69 Å². The van der Waals surface area contributed by atoms with Gasteiger partial charge in [0.25, 0.3) is 5.91 Å². The number of carbonyl (C=O) groups is 2. The van der Waals surface area contributed by atoms with Crippen LogP contribution in [0.25, 0.3) is 0 Å². The number of amides is 3. The summed E-state index contributed by atoms with van der Waals surface area (Å²) in [5, 5.41) is 0.602. The molecule has 0 N–H and O–H groups in total. The van der Waals surface area contributed by atoms with Crippen molar-refractivity contribution in [2.75, 3.05) is 4.90 Å². The van der Waals surface area contributed by atoms with Crippen LogP contribution in [0.15, 0.2) is 24.3 Å². The molecule has 1 aromatic rings. The first kappa shape index (κ1) is 13.1. The molecule has 5 heteroatoms. The maximum Gasteiger partial charge on any atom is 0.332 e. The van der Waals surface area contributed by atoms with Crippen LogP contribution >= 0.6 is 11.6 Å². The number of halogens is 1. The summed E-state index contributed by atoms with van der Waals surface area (Å²) in [4.78, 5) is 28.6. The smallest absolute Gasteiger partial charge is 0.309 e. The lowest BCUT2D eigenvalue weighted by Gasteiger charge is -2.30. The first-order valence-corrected chi connectivity index (χ1v) is 7.96. The molecule has 21 heavy (non-hydrogen) atoms. The van der Waals surface area contributed by atoms with E-state index < -0.39 is 0 Å². The van der Waals surface area contributed by atoms with E-state index in [0.29, 0.717) is 16.6 Å². The maximum atomic E-state index is 12.7. The summed E-state index contributed by atoms with van der Waals surface area (Å²) >= 11 is 5.88. The largest absolute Gasteiger partial charge is 0.332 e. The highest BCUT2D eigenvalue weighted by Gasteiger charge is 2.55. The number of anilines is 1. The molecule has 0 radical (unpaired) electrons. The highest BCUT2D eigenvalue weighted by Crippen LogP contribution is 2.44. The predicted molar refractivity (Wildman–Crippen MR) is 80.3 cm³/mol. The first-order valence-electron chi connectivity index (χ1n) is 7.58. The van der Waals surface area contributed by atoms with Gasteiger partial charge in [0.15, 0.2) is 0 Å². The van der Waals surface area contributed by atoms with E-state index in [1.165, 1.54) is 11.3 Å². The molecule has 3 aliphatic rings. The molecule has 3 fully saturated rings. The summed E-state index contributed by atoms with van der Waals surface area (Å²) in [5.74, 6) is 0.445. The summed E-state index contributed by atoms with van der Waals surface area (Å²) in [6.07, 6.45) is 5.41. The fourth-order valence-corrected chi connectivity index (χ4v) is 4.27. The molecule has 1 saturated carbocycles. The van der Waals surface area contributed by atoms with Gasteiger partial charge in [-0.1, -0.05) is 24.4 Å². The summed E-state index contributed by atoms with van der Waals surface area (Å²) in [5.41, 5.74) is 0.621. The Balaban J connectivity index is 1.66. The number of nitrogens with zero attached hydrogens (tertiary/aromatic N) is 2. The molecule has 2 aliphatic heterocycles. The molecule has 0 spiro atoms. The average molecular weight is 305 g/mol. The number of rotatable bonds is 1. The second-order valence-corrected chi connectivity index (χ2v) is 6.64. The molecular weight excluding hydrogens is 288 g/mol. The van der Waals surface area contributed by atoms with E-state index in [-0.39, 0.29) is 24.0 Å². The fraction of sp³-hybridized carbons (Fsp3) is 0.500. The lowest BCUT2D eigenvalue weighted by atomic mass is 9.84. The Labute approximate surface area is 128 Å². The summed E-state index contributed by atoms with van der Waals surface area (Å²) < 4.78 is 0. The zero-order valence-electron chi connectivity index (χ0n) is 11.7. The Bertz CT molecular complexity index is 601. The number of benzene rings is 1. The van der Waals surface area contributed by atoms with Crippen molar-refractivity contribution in [2.24, 2.45) is 5.92 Å². The molecule has 0 aromatic heterocycles. The third-order valence-electron chi connectivity index (χ3n) is 5.09. The number of hydrogen-bond acceptors (Lipinski definition) is 2. The predicted octanol–water partition coefficient (Wildman–Crippen LogP) is 3.44. The standard InChI is InChI=1S/C16H17ClN2O2/c17-11-5-7-12(8-6-11)18-15(20)14-9-10-3-1-2-4-13(10)19(14)16(18)21/h5-8,10,13-14H,1-4,9H2. The van der Waals surface area contributed by atoms with Gasteiger partial charge in [-0.05, 0) is 49.4 Å². The van der Waals surface area contributed by atoms with Crippen LogP contribution in [-0.2, 0) is 4.79 Å². The first-order chi connectivity index (χ1) is 10.2. The minimum atomic E-state index is -0.249. The van der Waals surface area contributed by atoms with Gasteiger partial charge >= 0.3 is 6.03 Å². The molecule has 4 nitrogen and oxygen atoms in total. The van der Waals surface area contributed by atoms with Crippen LogP contribution in [0.3, 0.4) is 0 Å². The van der Waals surface area contributed by atoms with Gasteiger partial charge in [0.1, 0.15) is 6.04 Å². The van der Waals surface area contributed by atoms with Crippen molar-refractivity contribution >= 4 is 29.2 Å². The van der Waals surface area contributed by atoms with Crippen LogP contribution in [0.2, 0.25) is 5.02 Å². The van der Waals surface area contributed by atoms with Gasteiger partial charge in [-0.2, -0.15) is 0 Å². The van der Waals surface area contributed by atoms with E-state index >= 15 is 0 Å². The number of carbonyl (C=O) groups excluding carboxylic acids is 2. The molecule has 2 saturated heterocycles. The summed E-state index contributed by atoms with van der Waals surface area (Å²) in [7, 11) is 0. The van der Waals surface area contributed by atoms with Gasteiger partial charge in [0, 0.05) is 11.1 Å². The highest BCUT2D eigenvalue weighted by molar-refractivity contribution is 6.30. The quantitative estimate of drug-likeness (QED) is 0.746. The Morgan fingerprint density at radius 3 is 2.52 bits per heavy atom. The third-order valence-corrected chi connectivity index (χ3v) is 5.34. The van der Waals surface area contributed by atoms with Gasteiger partial charge < -0.3 is 4.90 Å². The van der Waals surface area contributed by atoms with Gasteiger partial charge in [0.2, 0.25) is 0 Å². The van der Waals surface area contributed by atoms with E-state index in [1.807, 2.05) is 4.90 Å². The lowest BCUT2D eigenvalue weighted by Crippen LogP contribution is -2.41. The van der Waals surface area contributed by atoms with Crippen LogP contribution in [-0.4, -0.2) is 28.9 Å². The number of imide groups is 1. The van der Waals surface area contributed by atoms with E-state index in [1.54, 1.807) is 24.3 Å². The van der Waals surface area contributed by atoms with Crippen molar-refractivity contribution in [3.63, 3.8) is 0 Å². The van der Waals surface area contributed by atoms with Crippen LogP contribution in [0.4, 0.5) is 10.5 Å². The van der Waals surface area contributed by atoms with E-state index in [9.17, 15) is 9.59 Å². The molecule has 4 rings (SSSR count). The fourth-order valence-electron chi connectivity index (χ4n) is 4.14. The van der Waals surface area contributed by atoms with Crippen LogP contribution < -0.4 is 4.90 Å². The molecule has 2 heterocycles. The normalized spacial score (nSPS) is 31.6. The van der Waals surface area contributed by atoms with E-state index in [0.717, 1.165) is 25.7 Å². The topological polar surface area (TPSA) is 40.6 Å². The molecule has 1 aromatic carbocycles. The SMILES string of the molecule is O=C1C2CC3CCCCC3N2C(=O)N1c1ccc(Cl)cc1. The van der Waals surface area contributed by atoms with Crippen molar-refractivity contribution in [1.82, 2.24) is 4.90 Å². The Morgan fingerprint density at radius 2 is 1.76 bits per heavy atom. The minimum absolute atomic E-state index is 0.0725. The van der Waals surface area contributed by atoms with E-state index in [4.69, 9.17) is 11.6 Å². The van der Waals surface area contributed by atoms with Crippen molar-refractivity contribution in [1.29, 1.82) is 0 Å². The number of hydrogen-bond donors (Lipinski definition) is 0. The van der Waals surface area contributed by atoms with Crippen LogP contribution in [0.5, 0.6) is 0 Å². The van der Waals surface area contributed by atoms with Crippen molar-refractivity contribution < 1.29 is 9.59 Å². The lowest BCUT2D eigenvalue weighted by molar-refractivity contribution is -0.119. The van der Waals surface area contributed by atoms with Crippen molar-refractivity contribution in [3.05, 3.63) is 29.3 Å². The molecule has 3 atom stereocenters. The van der Waals surface area contributed by atoms with Crippen LogP contribution in [0, 0.1) is 5.92 Å². The van der Waals surface area contributed by atoms with E-state index in [2.05, 4.69) is 0 Å². The zero-order valence-corrected chi connectivity index (χ0v) is 12.4. The van der Waals surface area contributed by atoms with Gasteiger partial charge in [-0.15, -0.1) is 0 Å². The molecule has 3 unspecified atom stereocenters. The molecule has 3 amide bonds. The average Bonchev–Trinajstić information content (AvgIpc) is 2.98. The minimum Gasteiger partial charge on any atom is -0.309 e. The van der Waals surface area contributed by atoms with Crippen molar-refractivity contribution in [2.45, 2.75) is 44.2 Å². The molecular formula is C16H17ClN2O2. The monoisotopic (exact) mass is 304 g/mol. The van der Waals surface area contributed by atoms with Crippen molar-refractivity contribution in [3.8, 4) is 0 Å². The zero-order chi connectivity index (χ0) is 14.6. The Hall–Kier alpha value is -1.55. The van der Waals surface area contributed by atoms with Crippen LogP contribution in [0.1, 0.15) is 32.1 Å².